The van der Waals surface area contributed by atoms with E-state index in [1.165, 1.54) is 17.8 Å². The maximum atomic E-state index is 10.9. The van der Waals surface area contributed by atoms with E-state index in [0.29, 0.717) is 16.3 Å². The van der Waals surface area contributed by atoms with Gasteiger partial charge in [0.2, 0.25) is 0 Å². The van der Waals surface area contributed by atoms with E-state index in [1.807, 2.05) is 0 Å². The van der Waals surface area contributed by atoms with Crippen LogP contribution in [0.3, 0.4) is 0 Å². The molecule has 14 heavy (non-hydrogen) atoms. The number of rotatable bonds is 2. The number of Topliss-reactive ketones (excluding diaryl/α,β-unsaturated/α-hetero) is 1. The first-order valence-electron chi connectivity index (χ1n) is 4.00. The maximum absolute atomic E-state index is 10.9. The van der Waals surface area contributed by atoms with Gasteiger partial charge in [-0.05, 0) is 6.92 Å². The third-order valence-electron chi connectivity index (χ3n) is 1.69. The van der Waals surface area contributed by atoms with Gasteiger partial charge < -0.3 is 0 Å². The highest BCUT2D eigenvalue weighted by atomic mass is 35.5. The lowest BCUT2D eigenvalue weighted by Crippen LogP contribution is -2.08. The van der Waals surface area contributed by atoms with Crippen molar-refractivity contribution in [1.82, 2.24) is 19.7 Å². The van der Waals surface area contributed by atoms with E-state index < -0.39 is 0 Å². The van der Waals surface area contributed by atoms with Gasteiger partial charge in [-0.2, -0.15) is 5.10 Å². The Morgan fingerprint density at radius 1 is 1.57 bits per heavy atom. The summed E-state index contributed by atoms with van der Waals surface area (Å²) < 4.78 is 1.48. The molecule has 2 heterocycles. The summed E-state index contributed by atoms with van der Waals surface area (Å²) in [5, 5.41) is 4.28. The Morgan fingerprint density at radius 3 is 3.07 bits per heavy atom. The van der Waals surface area contributed by atoms with E-state index in [9.17, 15) is 4.79 Å². The standard InChI is InChI=1S/C8H7ClN4O/c1-5(14)4-13-8-6(2-11-13)10-3-7(9)12-8/h2-3H,4H2,1H3. The molecule has 0 aliphatic rings. The molecular weight excluding hydrogens is 204 g/mol. The second kappa shape index (κ2) is 3.34. The molecule has 0 unspecified atom stereocenters. The second-order valence-corrected chi connectivity index (χ2v) is 3.29. The molecule has 72 valence electrons. The largest absolute Gasteiger partial charge is 0.298 e. The number of hydrogen-bond donors (Lipinski definition) is 0. The molecule has 0 amide bonds. The van der Waals surface area contributed by atoms with Gasteiger partial charge in [-0.3, -0.25) is 4.79 Å². The van der Waals surface area contributed by atoms with Gasteiger partial charge in [0.25, 0.3) is 0 Å². The Balaban J connectivity index is 2.55. The van der Waals surface area contributed by atoms with Crippen LogP contribution >= 0.6 is 11.6 Å². The molecule has 2 rings (SSSR count). The molecule has 5 nitrogen and oxygen atoms in total. The predicted molar refractivity (Wildman–Crippen MR) is 51.0 cm³/mol. The SMILES string of the molecule is CC(=O)Cn1ncc2ncc(Cl)nc21. The average Bonchev–Trinajstić information content (AvgIpc) is 2.47. The van der Waals surface area contributed by atoms with Crippen LogP contribution in [0.2, 0.25) is 5.15 Å². The summed E-state index contributed by atoms with van der Waals surface area (Å²) in [6.45, 7) is 1.68. The summed E-state index contributed by atoms with van der Waals surface area (Å²) in [6, 6.07) is 0. The molecule has 6 heteroatoms. The molecule has 2 aromatic heterocycles. The maximum Gasteiger partial charge on any atom is 0.178 e. The summed E-state index contributed by atoms with van der Waals surface area (Å²) in [7, 11) is 0. The number of halogens is 1. The molecule has 0 bridgehead atoms. The Hall–Kier alpha value is -1.49. The van der Waals surface area contributed by atoms with Crippen LogP contribution in [0, 0.1) is 0 Å². The van der Waals surface area contributed by atoms with Gasteiger partial charge in [-0.25, -0.2) is 14.6 Å². The van der Waals surface area contributed by atoms with E-state index in [4.69, 9.17) is 11.6 Å². The molecule has 0 aliphatic heterocycles. The molecule has 0 aromatic carbocycles. The van der Waals surface area contributed by atoms with Crippen molar-refractivity contribution in [3.05, 3.63) is 17.5 Å². The van der Waals surface area contributed by atoms with Gasteiger partial charge in [-0.15, -0.1) is 0 Å². The Bertz CT molecular complexity index is 493. The molecule has 0 atom stereocenters. The number of nitrogens with zero attached hydrogens (tertiary/aromatic N) is 4. The van der Waals surface area contributed by atoms with E-state index >= 15 is 0 Å². The van der Waals surface area contributed by atoms with Crippen molar-refractivity contribution in [2.24, 2.45) is 0 Å². The highest BCUT2D eigenvalue weighted by Crippen LogP contribution is 2.11. The van der Waals surface area contributed by atoms with Crippen LogP contribution < -0.4 is 0 Å². The zero-order valence-electron chi connectivity index (χ0n) is 7.44. The number of aromatic nitrogens is 4. The zero-order valence-corrected chi connectivity index (χ0v) is 8.19. The minimum atomic E-state index is 0.0109. The quantitative estimate of drug-likeness (QED) is 0.744. The molecular formula is C8H7ClN4O. The fourth-order valence-electron chi connectivity index (χ4n) is 1.15. The van der Waals surface area contributed by atoms with Crippen molar-refractivity contribution in [1.29, 1.82) is 0 Å². The van der Waals surface area contributed by atoms with Crippen molar-refractivity contribution in [3.63, 3.8) is 0 Å². The van der Waals surface area contributed by atoms with Crippen molar-refractivity contribution >= 4 is 28.5 Å². The third kappa shape index (κ3) is 1.58. The highest BCUT2D eigenvalue weighted by Gasteiger charge is 2.07. The fraction of sp³-hybridized carbons (Fsp3) is 0.250. The van der Waals surface area contributed by atoms with Crippen LogP contribution in [0.1, 0.15) is 6.92 Å². The number of fused-ring (bicyclic) bond motifs is 1. The minimum Gasteiger partial charge on any atom is -0.298 e. The number of ketones is 1. The Labute approximate surface area is 84.7 Å². The Morgan fingerprint density at radius 2 is 2.36 bits per heavy atom. The first-order valence-corrected chi connectivity index (χ1v) is 4.38. The van der Waals surface area contributed by atoms with Crippen molar-refractivity contribution in [2.75, 3.05) is 0 Å². The van der Waals surface area contributed by atoms with Gasteiger partial charge in [0, 0.05) is 0 Å². The van der Waals surface area contributed by atoms with Crippen molar-refractivity contribution in [3.8, 4) is 0 Å². The fourth-order valence-corrected chi connectivity index (χ4v) is 1.28. The van der Waals surface area contributed by atoms with Gasteiger partial charge in [-0.1, -0.05) is 11.6 Å². The first kappa shape index (κ1) is 9.08. The summed E-state index contributed by atoms with van der Waals surface area (Å²) in [5.41, 5.74) is 1.17. The van der Waals surface area contributed by atoms with E-state index in [0.717, 1.165) is 0 Å². The zero-order chi connectivity index (χ0) is 10.1. The smallest absolute Gasteiger partial charge is 0.178 e. The molecule has 0 fully saturated rings. The molecule has 0 radical (unpaired) electrons. The lowest BCUT2D eigenvalue weighted by atomic mass is 10.4. The van der Waals surface area contributed by atoms with Crippen LogP contribution in [0.25, 0.3) is 11.2 Å². The lowest BCUT2D eigenvalue weighted by Gasteiger charge is -1.98. The summed E-state index contributed by atoms with van der Waals surface area (Å²) in [6.07, 6.45) is 3.01. The predicted octanol–water partition coefficient (Wildman–Crippen LogP) is 1.07. The van der Waals surface area contributed by atoms with Crippen molar-refractivity contribution < 1.29 is 4.79 Å². The van der Waals surface area contributed by atoms with E-state index in [1.54, 1.807) is 6.20 Å². The molecule has 0 N–H and O–H groups in total. The van der Waals surface area contributed by atoms with Gasteiger partial charge in [0.1, 0.15) is 17.2 Å². The second-order valence-electron chi connectivity index (χ2n) is 2.91. The normalized spacial score (nSPS) is 10.7. The number of carbonyl (C=O) groups is 1. The van der Waals surface area contributed by atoms with E-state index in [-0.39, 0.29) is 12.3 Å². The molecule has 0 aliphatic carbocycles. The van der Waals surface area contributed by atoms with Crippen LogP contribution in [-0.4, -0.2) is 25.5 Å². The van der Waals surface area contributed by atoms with Crippen LogP contribution in [-0.2, 0) is 11.3 Å². The molecule has 0 spiro atoms. The average molecular weight is 211 g/mol. The molecule has 0 saturated carbocycles. The minimum absolute atomic E-state index is 0.0109. The summed E-state index contributed by atoms with van der Waals surface area (Å²) in [4.78, 5) is 19.0. The topological polar surface area (TPSA) is 60.7 Å². The molecule has 2 aromatic rings. The van der Waals surface area contributed by atoms with Gasteiger partial charge >= 0.3 is 0 Å². The summed E-state index contributed by atoms with van der Waals surface area (Å²) in [5.74, 6) is 0.0109. The van der Waals surface area contributed by atoms with Gasteiger partial charge in [0.05, 0.1) is 12.4 Å². The van der Waals surface area contributed by atoms with E-state index in [2.05, 4.69) is 15.1 Å². The number of carbonyl (C=O) groups excluding carboxylic acids is 1. The summed E-state index contributed by atoms with van der Waals surface area (Å²) >= 11 is 5.68. The van der Waals surface area contributed by atoms with Crippen molar-refractivity contribution in [2.45, 2.75) is 13.5 Å². The monoisotopic (exact) mass is 210 g/mol. The van der Waals surface area contributed by atoms with Crippen LogP contribution in [0.15, 0.2) is 12.4 Å². The van der Waals surface area contributed by atoms with Crippen LogP contribution in [0.5, 0.6) is 0 Å². The van der Waals surface area contributed by atoms with Crippen LogP contribution in [0.4, 0.5) is 0 Å². The number of hydrogen-bond acceptors (Lipinski definition) is 4. The Kier molecular flexibility index (Phi) is 2.17. The lowest BCUT2D eigenvalue weighted by molar-refractivity contribution is -0.117. The molecule has 0 saturated heterocycles. The van der Waals surface area contributed by atoms with Gasteiger partial charge in [0.15, 0.2) is 11.4 Å². The first-order chi connectivity index (χ1) is 6.66. The third-order valence-corrected chi connectivity index (χ3v) is 1.87. The highest BCUT2D eigenvalue weighted by molar-refractivity contribution is 6.29.